The minimum absolute atomic E-state index is 0.0108. The summed E-state index contributed by atoms with van der Waals surface area (Å²) in [4.78, 5) is 35.6. The average Bonchev–Trinajstić information content (AvgIpc) is 2.66. The van der Waals surface area contributed by atoms with Crippen LogP contribution in [0.2, 0.25) is 0 Å². The van der Waals surface area contributed by atoms with Gasteiger partial charge in [0.05, 0.1) is 25.3 Å². The SMILES string of the molecule is COC(=O)c1cc(NC(=S)NC(=O)c2ccccc2)cc(C(=O)OC)c1. The van der Waals surface area contributed by atoms with Gasteiger partial charge in [0, 0.05) is 11.3 Å². The Balaban J connectivity index is 2.19. The number of carbonyl (C=O) groups is 3. The Morgan fingerprint density at radius 3 is 1.88 bits per heavy atom. The van der Waals surface area contributed by atoms with Gasteiger partial charge in [0.25, 0.3) is 5.91 Å². The fourth-order valence-electron chi connectivity index (χ4n) is 2.10. The van der Waals surface area contributed by atoms with Crippen LogP contribution < -0.4 is 10.6 Å². The number of rotatable bonds is 4. The zero-order chi connectivity index (χ0) is 19.1. The number of benzene rings is 2. The third kappa shape index (κ3) is 4.87. The van der Waals surface area contributed by atoms with Gasteiger partial charge in [0.2, 0.25) is 0 Å². The molecule has 0 bridgehead atoms. The molecule has 0 unspecified atom stereocenters. The maximum atomic E-state index is 12.1. The quantitative estimate of drug-likeness (QED) is 0.629. The van der Waals surface area contributed by atoms with Crippen LogP contribution in [0.3, 0.4) is 0 Å². The van der Waals surface area contributed by atoms with Crippen molar-refractivity contribution in [3.63, 3.8) is 0 Å². The smallest absolute Gasteiger partial charge is 0.337 e. The monoisotopic (exact) mass is 372 g/mol. The molecule has 0 aliphatic heterocycles. The van der Waals surface area contributed by atoms with Crippen molar-refractivity contribution in [1.82, 2.24) is 5.32 Å². The van der Waals surface area contributed by atoms with Crippen LogP contribution in [0.1, 0.15) is 31.1 Å². The van der Waals surface area contributed by atoms with Crippen molar-refractivity contribution in [3.8, 4) is 0 Å². The molecule has 0 fully saturated rings. The van der Waals surface area contributed by atoms with Crippen LogP contribution in [0.15, 0.2) is 48.5 Å². The number of hydrogen-bond donors (Lipinski definition) is 2. The normalized spacial score (nSPS) is 9.77. The molecule has 0 saturated heterocycles. The fourth-order valence-corrected chi connectivity index (χ4v) is 2.31. The Morgan fingerprint density at radius 2 is 1.38 bits per heavy atom. The molecule has 2 rings (SSSR count). The largest absolute Gasteiger partial charge is 0.465 e. The highest BCUT2D eigenvalue weighted by Gasteiger charge is 2.15. The number of methoxy groups -OCH3 is 2. The van der Waals surface area contributed by atoms with Gasteiger partial charge < -0.3 is 14.8 Å². The third-order valence-electron chi connectivity index (χ3n) is 3.30. The van der Waals surface area contributed by atoms with Crippen molar-refractivity contribution in [3.05, 3.63) is 65.2 Å². The van der Waals surface area contributed by atoms with Crippen LogP contribution in [0, 0.1) is 0 Å². The van der Waals surface area contributed by atoms with Crippen molar-refractivity contribution in [2.75, 3.05) is 19.5 Å². The molecule has 7 nitrogen and oxygen atoms in total. The van der Waals surface area contributed by atoms with E-state index in [0.717, 1.165) is 0 Å². The van der Waals surface area contributed by atoms with Crippen LogP contribution >= 0.6 is 12.2 Å². The summed E-state index contributed by atoms with van der Waals surface area (Å²) in [7, 11) is 2.45. The second kappa shape index (κ2) is 8.72. The van der Waals surface area contributed by atoms with Gasteiger partial charge in [-0.15, -0.1) is 0 Å². The molecular weight excluding hydrogens is 356 g/mol. The first-order valence-electron chi connectivity index (χ1n) is 7.43. The summed E-state index contributed by atoms with van der Waals surface area (Å²) in [5.74, 6) is -1.64. The van der Waals surface area contributed by atoms with E-state index in [1.165, 1.54) is 32.4 Å². The zero-order valence-electron chi connectivity index (χ0n) is 14.1. The molecule has 0 radical (unpaired) electrons. The summed E-state index contributed by atoms with van der Waals surface area (Å²) >= 11 is 5.11. The molecule has 1 amide bonds. The number of thiocarbonyl (C=S) groups is 1. The van der Waals surface area contributed by atoms with E-state index in [0.29, 0.717) is 11.3 Å². The Labute approximate surface area is 155 Å². The molecule has 2 N–H and O–H groups in total. The number of carbonyl (C=O) groups excluding carboxylic acids is 3. The summed E-state index contributed by atoms with van der Waals surface area (Å²) in [5, 5.41) is 5.30. The van der Waals surface area contributed by atoms with E-state index >= 15 is 0 Å². The number of anilines is 1. The van der Waals surface area contributed by atoms with E-state index in [1.54, 1.807) is 30.3 Å². The molecule has 0 heterocycles. The molecule has 0 aliphatic carbocycles. The molecule has 0 aliphatic rings. The van der Waals surface area contributed by atoms with E-state index in [9.17, 15) is 14.4 Å². The summed E-state index contributed by atoms with van der Waals surface area (Å²) in [6, 6.07) is 12.8. The standard InChI is InChI=1S/C18H16N2O5S/c1-24-16(22)12-8-13(17(23)25-2)10-14(9-12)19-18(26)20-15(21)11-6-4-3-5-7-11/h3-10H,1-2H3,(H2,19,20,21,26). The maximum absolute atomic E-state index is 12.1. The molecule has 0 saturated carbocycles. The molecule has 0 spiro atoms. The lowest BCUT2D eigenvalue weighted by atomic mass is 10.1. The number of amides is 1. The van der Waals surface area contributed by atoms with Crippen molar-refractivity contribution >= 4 is 40.9 Å². The van der Waals surface area contributed by atoms with Crippen molar-refractivity contribution in [2.24, 2.45) is 0 Å². The number of esters is 2. The van der Waals surface area contributed by atoms with E-state index in [1.807, 2.05) is 0 Å². The lowest BCUT2D eigenvalue weighted by molar-refractivity contribution is 0.0599. The predicted octanol–water partition coefficient (Wildman–Crippen LogP) is 2.39. The zero-order valence-corrected chi connectivity index (χ0v) is 14.9. The third-order valence-corrected chi connectivity index (χ3v) is 3.50. The molecule has 0 aromatic heterocycles. The number of hydrogen-bond acceptors (Lipinski definition) is 6. The molecule has 26 heavy (non-hydrogen) atoms. The maximum Gasteiger partial charge on any atom is 0.337 e. The van der Waals surface area contributed by atoms with Crippen LogP contribution in [-0.2, 0) is 9.47 Å². The number of nitrogens with one attached hydrogen (secondary N) is 2. The summed E-state index contributed by atoms with van der Waals surface area (Å²) < 4.78 is 9.33. The minimum Gasteiger partial charge on any atom is -0.465 e. The van der Waals surface area contributed by atoms with Gasteiger partial charge in [-0.3, -0.25) is 10.1 Å². The predicted molar refractivity (Wildman–Crippen MR) is 99.2 cm³/mol. The van der Waals surface area contributed by atoms with Gasteiger partial charge in [-0.25, -0.2) is 9.59 Å². The highest BCUT2D eigenvalue weighted by Crippen LogP contribution is 2.17. The van der Waals surface area contributed by atoms with Crippen molar-refractivity contribution < 1.29 is 23.9 Å². The van der Waals surface area contributed by atoms with Crippen LogP contribution in [0.4, 0.5) is 5.69 Å². The van der Waals surface area contributed by atoms with Crippen LogP contribution in [-0.4, -0.2) is 37.2 Å². The second-order valence-corrected chi connectivity index (χ2v) is 5.46. The Kier molecular flexibility index (Phi) is 6.40. The van der Waals surface area contributed by atoms with Gasteiger partial charge in [-0.05, 0) is 42.5 Å². The van der Waals surface area contributed by atoms with Crippen LogP contribution in [0.5, 0.6) is 0 Å². The number of ether oxygens (including phenoxy) is 2. The van der Waals surface area contributed by atoms with E-state index in [4.69, 9.17) is 12.2 Å². The Morgan fingerprint density at radius 1 is 0.846 bits per heavy atom. The van der Waals surface area contributed by atoms with Gasteiger partial charge in [0.15, 0.2) is 5.11 Å². The summed E-state index contributed by atoms with van der Waals surface area (Å²) in [5.41, 5.74) is 1.03. The first-order chi connectivity index (χ1) is 12.4. The molecule has 2 aromatic carbocycles. The van der Waals surface area contributed by atoms with E-state index in [-0.39, 0.29) is 22.1 Å². The molecule has 0 atom stereocenters. The summed E-state index contributed by atoms with van der Waals surface area (Å²) in [6.45, 7) is 0. The molecular formula is C18H16N2O5S. The summed E-state index contributed by atoms with van der Waals surface area (Å²) in [6.07, 6.45) is 0. The lowest BCUT2D eigenvalue weighted by Crippen LogP contribution is -2.34. The van der Waals surface area contributed by atoms with Crippen molar-refractivity contribution in [1.29, 1.82) is 0 Å². The molecule has 8 heteroatoms. The molecule has 2 aromatic rings. The highest BCUT2D eigenvalue weighted by atomic mass is 32.1. The molecule has 134 valence electrons. The second-order valence-electron chi connectivity index (χ2n) is 5.06. The van der Waals surface area contributed by atoms with Gasteiger partial charge >= 0.3 is 11.9 Å². The van der Waals surface area contributed by atoms with Gasteiger partial charge in [0.1, 0.15) is 0 Å². The fraction of sp³-hybridized carbons (Fsp3) is 0.111. The first kappa shape index (κ1) is 19.1. The van der Waals surface area contributed by atoms with E-state index in [2.05, 4.69) is 20.1 Å². The first-order valence-corrected chi connectivity index (χ1v) is 7.84. The lowest BCUT2D eigenvalue weighted by Gasteiger charge is -2.12. The van der Waals surface area contributed by atoms with Gasteiger partial charge in [-0.1, -0.05) is 18.2 Å². The minimum atomic E-state index is -0.627. The highest BCUT2D eigenvalue weighted by molar-refractivity contribution is 7.80. The van der Waals surface area contributed by atoms with Crippen LogP contribution in [0.25, 0.3) is 0 Å². The topological polar surface area (TPSA) is 93.7 Å². The Hall–Kier alpha value is -3.26. The van der Waals surface area contributed by atoms with Crippen molar-refractivity contribution in [2.45, 2.75) is 0 Å². The van der Waals surface area contributed by atoms with Gasteiger partial charge in [-0.2, -0.15) is 0 Å². The average molecular weight is 372 g/mol. The Bertz CT molecular complexity index is 818. The van der Waals surface area contributed by atoms with E-state index < -0.39 is 11.9 Å².